The average Bonchev–Trinajstić information content (AvgIpc) is 2.26. The van der Waals surface area contributed by atoms with Gasteiger partial charge in [0.1, 0.15) is 0 Å². The van der Waals surface area contributed by atoms with Gasteiger partial charge in [0.2, 0.25) is 0 Å². The van der Waals surface area contributed by atoms with Crippen molar-refractivity contribution < 1.29 is 9.16 Å². The average molecular weight is 315 g/mol. The topological polar surface area (TPSA) is 18.5 Å². The summed E-state index contributed by atoms with van der Waals surface area (Å²) in [6.45, 7) is 8.57. The van der Waals surface area contributed by atoms with Crippen molar-refractivity contribution in [2.24, 2.45) is 0 Å². The summed E-state index contributed by atoms with van der Waals surface area (Å²) in [6, 6.07) is 10.5. The second kappa shape index (κ2) is 6.29. The molecule has 2 nitrogen and oxygen atoms in total. The zero-order chi connectivity index (χ0) is 12.9. The standard InChI is InChI=1S/C13H20O2SeSi/c1-11(13(14-2)15-17(3,4)5)16-12-9-7-6-8-10-12/h6-10H,1-5H3. The molecule has 1 rings (SSSR count). The van der Waals surface area contributed by atoms with Gasteiger partial charge >= 0.3 is 111 Å². The molecule has 0 aromatic heterocycles. The van der Waals surface area contributed by atoms with E-state index in [0.29, 0.717) is 5.95 Å². The quantitative estimate of drug-likeness (QED) is 0.614. The third-order valence-electron chi connectivity index (χ3n) is 1.89. The van der Waals surface area contributed by atoms with Gasteiger partial charge in [-0.2, -0.15) is 0 Å². The second-order valence-corrected chi connectivity index (χ2v) is 11.8. The first-order valence-electron chi connectivity index (χ1n) is 5.59. The van der Waals surface area contributed by atoms with Gasteiger partial charge in [0, 0.05) is 0 Å². The molecule has 0 saturated heterocycles. The van der Waals surface area contributed by atoms with Gasteiger partial charge in [0.25, 0.3) is 0 Å². The number of ether oxygens (including phenoxy) is 1. The Balaban J connectivity index is 2.80. The summed E-state index contributed by atoms with van der Waals surface area (Å²) in [7, 11) is 0.0865. The Kier molecular flexibility index (Phi) is 5.31. The predicted octanol–water partition coefficient (Wildman–Crippen LogP) is 2.70. The van der Waals surface area contributed by atoms with Crippen molar-refractivity contribution >= 4 is 27.7 Å². The van der Waals surface area contributed by atoms with Crippen molar-refractivity contribution in [2.45, 2.75) is 26.6 Å². The molecule has 1 aromatic rings. The van der Waals surface area contributed by atoms with E-state index in [2.05, 4.69) is 50.8 Å². The van der Waals surface area contributed by atoms with Crippen molar-refractivity contribution in [3.63, 3.8) is 0 Å². The third kappa shape index (κ3) is 5.44. The van der Waals surface area contributed by atoms with Crippen LogP contribution in [0.2, 0.25) is 19.6 Å². The van der Waals surface area contributed by atoms with E-state index < -0.39 is 8.32 Å². The molecule has 0 aliphatic heterocycles. The van der Waals surface area contributed by atoms with Crippen molar-refractivity contribution in [1.82, 2.24) is 0 Å². The minimum atomic E-state index is -1.59. The first-order chi connectivity index (χ1) is 7.92. The van der Waals surface area contributed by atoms with Crippen LogP contribution in [-0.2, 0) is 9.16 Å². The van der Waals surface area contributed by atoms with Gasteiger partial charge in [0.05, 0.1) is 0 Å². The van der Waals surface area contributed by atoms with E-state index in [0.717, 1.165) is 0 Å². The number of rotatable bonds is 5. The fourth-order valence-electron chi connectivity index (χ4n) is 1.24. The van der Waals surface area contributed by atoms with E-state index in [1.54, 1.807) is 7.11 Å². The van der Waals surface area contributed by atoms with Crippen LogP contribution in [0.5, 0.6) is 0 Å². The van der Waals surface area contributed by atoms with Crippen LogP contribution in [0.3, 0.4) is 0 Å². The molecule has 0 N–H and O–H groups in total. The summed E-state index contributed by atoms with van der Waals surface area (Å²) in [5.74, 6) is 0.716. The second-order valence-electron chi connectivity index (χ2n) is 4.68. The van der Waals surface area contributed by atoms with Crippen LogP contribution in [0.4, 0.5) is 0 Å². The van der Waals surface area contributed by atoms with Gasteiger partial charge in [-0.05, 0) is 0 Å². The van der Waals surface area contributed by atoms with Crippen LogP contribution in [0.25, 0.3) is 0 Å². The maximum absolute atomic E-state index is 5.93. The molecular formula is C13H20O2SeSi. The van der Waals surface area contributed by atoms with Gasteiger partial charge in [-0.25, -0.2) is 0 Å². The molecule has 0 unspecified atom stereocenters. The molecule has 0 saturated carbocycles. The Morgan fingerprint density at radius 1 is 1.12 bits per heavy atom. The Morgan fingerprint density at radius 2 is 1.71 bits per heavy atom. The Morgan fingerprint density at radius 3 is 2.18 bits per heavy atom. The van der Waals surface area contributed by atoms with Crippen LogP contribution in [0.15, 0.2) is 40.7 Å². The normalized spacial score (nSPS) is 13.0. The van der Waals surface area contributed by atoms with Crippen LogP contribution in [-0.4, -0.2) is 30.4 Å². The molecule has 94 valence electrons. The fraction of sp³-hybridized carbons (Fsp3) is 0.385. The Hall–Kier alpha value is -0.704. The van der Waals surface area contributed by atoms with E-state index in [9.17, 15) is 0 Å². The molecule has 0 aliphatic carbocycles. The van der Waals surface area contributed by atoms with Gasteiger partial charge < -0.3 is 0 Å². The molecule has 4 heteroatoms. The molecule has 0 fully saturated rings. The van der Waals surface area contributed by atoms with Crippen molar-refractivity contribution in [3.8, 4) is 0 Å². The molecule has 0 spiro atoms. The first kappa shape index (κ1) is 14.4. The number of allylic oxidation sites excluding steroid dienone is 1. The molecule has 0 amide bonds. The minimum absolute atomic E-state index is 0.270. The predicted molar refractivity (Wildman–Crippen MR) is 76.0 cm³/mol. The van der Waals surface area contributed by atoms with Gasteiger partial charge in [-0.15, -0.1) is 0 Å². The summed E-state index contributed by atoms with van der Waals surface area (Å²) < 4.78 is 13.8. The van der Waals surface area contributed by atoms with Gasteiger partial charge in [-0.1, -0.05) is 0 Å². The Bertz CT molecular complexity index is 382. The molecule has 0 aliphatic rings. The number of hydrogen-bond acceptors (Lipinski definition) is 2. The molecule has 0 radical (unpaired) electrons. The monoisotopic (exact) mass is 316 g/mol. The molecule has 0 bridgehead atoms. The number of benzene rings is 1. The zero-order valence-corrected chi connectivity index (χ0v) is 13.8. The summed E-state index contributed by atoms with van der Waals surface area (Å²) >= 11 is 0.270. The molecule has 0 atom stereocenters. The third-order valence-corrected chi connectivity index (χ3v) is 4.74. The molecular weight excluding hydrogens is 295 g/mol. The number of methoxy groups -OCH3 is 1. The van der Waals surface area contributed by atoms with Crippen molar-refractivity contribution in [1.29, 1.82) is 0 Å². The first-order valence-corrected chi connectivity index (χ1v) is 10.7. The van der Waals surface area contributed by atoms with E-state index in [1.165, 1.54) is 8.93 Å². The van der Waals surface area contributed by atoms with Crippen molar-refractivity contribution in [2.75, 3.05) is 7.11 Å². The number of hydrogen-bond donors (Lipinski definition) is 0. The fourth-order valence-corrected chi connectivity index (χ4v) is 3.99. The summed E-state index contributed by atoms with van der Waals surface area (Å²) in [6.07, 6.45) is 0. The van der Waals surface area contributed by atoms with E-state index >= 15 is 0 Å². The summed E-state index contributed by atoms with van der Waals surface area (Å²) in [5.41, 5.74) is 0. The molecule has 1 aromatic carbocycles. The van der Waals surface area contributed by atoms with Crippen molar-refractivity contribution in [3.05, 3.63) is 40.7 Å². The van der Waals surface area contributed by atoms with E-state index in [1.807, 2.05) is 6.07 Å². The van der Waals surface area contributed by atoms with Crippen LogP contribution in [0.1, 0.15) is 6.92 Å². The van der Waals surface area contributed by atoms with Crippen LogP contribution in [0, 0.1) is 0 Å². The van der Waals surface area contributed by atoms with Crippen LogP contribution >= 0.6 is 0 Å². The maximum atomic E-state index is 5.93. The van der Waals surface area contributed by atoms with Gasteiger partial charge in [0.15, 0.2) is 0 Å². The summed E-state index contributed by atoms with van der Waals surface area (Å²) in [4.78, 5) is 0. The zero-order valence-electron chi connectivity index (χ0n) is 11.1. The van der Waals surface area contributed by atoms with Crippen LogP contribution < -0.4 is 4.46 Å². The summed E-state index contributed by atoms with van der Waals surface area (Å²) in [5, 5.41) is 0. The molecule has 17 heavy (non-hydrogen) atoms. The van der Waals surface area contributed by atoms with E-state index in [-0.39, 0.29) is 15.0 Å². The SMILES string of the molecule is COC(O[Si](C)(C)C)=C(C)[Se]c1ccccc1. The molecule has 0 heterocycles. The Labute approximate surface area is 111 Å². The van der Waals surface area contributed by atoms with E-state index in [4.69, 9.17) is 9.16 Å². The van der Waals surface area contributed by atoms with Gasteiger partial charge in [-0.3, -0.25) is 0 Å².